The van der Waals surface area contributed by atoms with Gasteiger partial charge in [0.1, 0.15) is 17.5 Å². The van der Waals surface area contributed by atoms with Crippen LogP contribution in [0.3, 0.4) is 0 Å². The number of nitrogens with one attached hydrogen (secondary N) is 2. The van der Waals surface area contributed by atoms with Crippen LogP contribution in [0.1, 0.15) is 24.7 Å². The maximum Gasteiger partial charge on any atom is 0.407 e. The summed E-state index contributed by atoms with van der Waals surface area (Å²) in [7, 11) is 3.24. The van der Waals surface area contributed by atoms with Crippen molar-refractivity contribution in [2.75, 3.05) is 37.5 Å². The molecule has 0 bridgehead atoms. The van der Waals surface area contributed by atoms with Gasteiger partial charge in [0.05, 0.1) is 13.2 Å². The first-order valence-electron chi connectivity index (χ1n) is 7.23. The van der Waals surface area contributed by atoms with Crippen LogP contribution in [-0.4, -0.2) is 49.4 Å². The van der Waals surface area contributed by atoms with Gasteiger partial charge < -0.3 is 20.3 Å². The third-order valence-electron chi connectivity index (χ3n) is 3.71. The molecule has 0 spiro atoms. The highest BCUT2D eigenvalue weighted by atomic mass is 16.5. The predicted molar refractivity (Wildman–Crippen MR) is 81.9 cm³/mol. The van der Waals surface area contributed by atoms with Gasteiger partial charge in [-0.25, -0.2) is 14.8 Å². The molecule has 1 aliphatic heterocycles. The Morgan fingerprint density at radius 3 is 2.86 bits per heavy atom. The van der Waals surface area contributed by atoms with Crippen molar-refractivity contribution in [1.29, 1.82) is 0 Å². The number of hydrogen-bond donors (Lipinski definition) is 2. The molecular formula is C14H23N5O2. The Hall–Kier alpha value is -2.05. The van der Waals surface area contributed by atoms with Crippen LogP contribution in [0.5, 0.6) is 0 Å². The van der Waals surface area contributed by atoms with E-state index in [0.717, 1.165) is 49.0 Å². The van der Waals surface area contributed by atoms with Crippen molar-refractivity contribution < 1.29 is 9.53 Å². The van der Waals surface area contributed by atoms with Gasteiger partial charge in [-0.05, 0) is 13.3 Å². The van der Waals surface area contributed by atoms with Gasteiger partial charge in [0.15, 0.2) is 0 Å². The van der Waals surface area contributed by atoms with E-state index in [-0.39, 0.29) is 12.1 Å². The molecule has 0 aliphatic carbocycles. The summed E-state index contributed by atoms with van der Waals surface area (Å²) < 4.78 is 4.65. The van der Waals surface area contributed by atoms with E-state index in [1.165, 1.54) is 7.11 Å². The number of carbonyl (C=O) groups is 1. The molecule has 1 aliphatic rings. The number of nitrogens with zero attached hydrogens (tertiary/aromatic N) is 3. The van der Waals surface area contributed by atoms with Crippen LogP contribution in [0.4, 0.5) is 16.4 Å². The summed E-state index contributed by atoms with van der Waals surface area (Å²) in [5.41, 5.74) is 1.04. The molecule has 7 nitrogen and oxygen atoms in total. The number of rotatable bonds is 4. The Kier molecular flexibility index (Phi) is 4.82. The number of aromatic nitrogens is 2. The largest absolute Gasteiger partial charge is 0.453 e. The van der Waals surface area contributed by atoms with E-state index >= 15 is 0 Å². The minimum absolute atomic E-state index is 0.0925. The second kappa shape index (κ2) is 6.60. The molecular weight excluding hydrogens is 270 g/mol. The van der Waals surface area contributed by atoms with E-state index in [2.05, 4.69) is 30.2 Å². The van der Waals surface area contributed by atoms with Crippen LogP contribution < -0.4 is 15.5 Å². The fraction of sp³-hybridized carbons (Fsp3) is 0.643. The number of aryl methyl sites for hydroxylation is 1. The lowest BCUT2D eigenvalue weighted by Gasteiger charge is -2.21. The third kappa shape index (κ3) is 3.34. The average Bonchev–Trinajstić information content (AvgIpc) is 2.95. The minimum atomic E-state index is -0.383. The van der Waals surface area contributed by atoms with E-state index in [9.17, 15) is 4.79 Å². The molecule has 7 heteroatoms. The molecule has 0 radical (unpaired) electrons. The summed E-state index contributed by atoms with van der Waals surface area (Å²) in [6, 6.07) is 0.0925. The Bertz CT molecular complexity index is 520. The van der Waals surface area contributed by atoms with Crippen molar-refractivity contribution in [3.8, 4) is 0 Å². The number of ether oxygens (including phenoxy) is 1. The van der Waals surface area contributed by atoms with Crippen molar-refractivity contribution in [2.45, 2.75) is 32.7 Å². The van der Waals surface area contributed by atoms with Gasteiger partial charge in [0.2, 0.25) is 0 Å². The molecule has 21 heavy (non-hydrogen) atoms. The number of hydrogen-bond acceptors (Lipinski definition) is 6. The van der Waals surface area contributed by atoms with Gasteiger partial charge in [-0.2, -0.15) is 0 Å². The van der Waals surface area contributed by atoms with Crippen molar-refractivity contribution >= 4 is 17.7 Å². The first-order valence-corrected chi connectivity index (χ1v) is 7.23. The van der Waals surface area contributed by atoms with Gasteiger partial charge in [0, 0.05) is 32.1 Å². The van der Waals surface area contributed by atoms with Gasteiger partial charge in [-0.15, -0.1) is 0 Å². The number of alkyl carbamates (subject to hydrolysis) is 1. The second-order valence-electron chi connectivity index (χ2n) is 5.11. The summed E-state index contributed by atoms with van der Waals surface area (Å²) in [5.74, 6) is 2.63. The molecule has 1 atom stereocenters. The maximum absolute atomic E-state index is 11.3. The number of anilines is 2. The first-order chi connectivity index (χ1) is 10.1. The van der Waals surface area contributed by atoms with Crippen LogP contribution in [-0.2, 0) is 11.2 Å². The minimum Gasteiger partial charge on any atom is -0.453 e. The predicted octanol–water partition coefficient (Wildman–Crippen LogP) is 1.32. The van der Waals surface area contributed by atoms with E-state index < -0.39 is 0 Å². The Morgan fingerprint density at radius 1 is 1.48 bits per heavy atom. The van der Waals surface area contributed by atoms with Crippen LogP contribution >= 0.6 is 0 Å². The van der Waals surface area contributed by atoms with Gasteiger partial charge in [-0.3, -0.25) is 0 Å². The molecule has 0 saturated carbocycles. The molecule has 1 aromatic heterocycles. The summed E-state index contributed by atoms with van der Waals surface area (Å²) in [4.78, 5) is 22.6. The number of amides is 1. The smallest absolute Gasteiger partial charge is 0.407 e. The first kappa shape index (κ1) is 15.3. The van der Waals surface area contributed by atoms with Crippen molar-refractivity contribution in [3.05, 3.63) is 11.4 Å². The molecule has 2 rings (SSSR count). The lowest BCUT2D eigenvalue weighted by molar-refractivity contribution is 0.167. The monoisotopic (exact) mass is 293 g/mol. The van der Waals surface area contributed by atoms with Crippen LogP contribution in [0.2, 0.25) is 0 Å². The molecule has 0 aromatic carbocycles. The summed E-state index contributed by atoms with van der Waals surface area (Å²) >= 11 is 0. The van der Waals surface area contributed by atoms with Crippen molar-refractivity contribution in [1.82, 2.24) is 15.3 Å². The summed E-state index contributed by atoms with van der Waals surface area (Å²) in [6.07, 6.45) is 1.29. The van der Waals surface area contributed by atoms with E-state index in [1.807, 2.05) is 20.9 Å². The molecule has 1 saturated heterocycles. The highest BCUT2D eigenvalue weighted by molar-refractivity contribution is 5.68. The third-order valence-corrected chi connectivity index (χ3v) is 3.71. The molecule has 1 fully saturated rings. The Balaban J connectivity index is 2.17. The fourth-order valence-electron chi connectivity index (χ4n) is 2.56. The van der Waals surface area contributed by atoms with Crippen LogP contribution in [0, 0.1) is 6.92 Å². The van der Waals surface area contributed by atoms with Crippen LogP contribution in [0.25, 0.3) is 0 Å². The number of methoxy groups -OCH3 is 1. The molecule has 116 valence electrons. The number of carbonyl (C=O) groups excluding carboxylic acids is 1. The lowest BCUT2D eigenvalue weighted by Crippen LogP contribution is -2.37. The zero-order valence-corrected chi connectivity index (χ0v) is 13.1. The van der Waals surface area contributed by atoms with Gasteiger partial charge in [0.25, 0.3) is 0 Å². The topological polar surface area (TPSA) is 79.4 Å². The van der Waals surface area contributed by atoms with E-state index in [0.29, 0.717) is 0 Å². The van der Waals surface area contributed by atoms with Crippen molar-refractivity contribution in [2.24, 2.45) is 0 Å². The Morgan fingerprint density at radius 2 is 2.24 bits per heavy atom. The van der Waals surface area contributed by atoms with E-state index in [4.69, 9.17) is 0 Å². The fourth-order valence-corrected chi connectivity index (χ4v) is 2.56. The quantitative estimate of drug-likeness (QED) is 0.871. The normalized spacial score (nSPS) is 17.7. The van der Waals surface area contributed by atoms with E-state index in [1.54, 1.807) is 0 Å². The standard InChI is InChI=1S/C14H23N5O2/c1-5-11-17-12(15-3)9(2)13(18-11)19-7-6-10(8-19)16-14(20)21-4/h10H,5-8H2,1-4H3,(H,16,20)(H,15,17,18). The maximum atomic E-state index is 11.3. The molecule has 2 heterocycles. The second-order valence-corrected chi connectivity index (χ2v) is 5.11. The Labute approximate surface area is 125 Å². The zero-order chi connectivity index (χ0) is 15.4. The summed E-state index contributed by atoms with van der Waals surface area (Å²) in [5, 5.41) is 5.96. The lowest BCUT2D eigenvalue weighted by atomic mass is 10.2. The van der Waals surface area contributed by atoms with Crippen molar-refractivity contribution in [3.63, 3.8) is 0 Å². The average molecular weight is 293 g/mol. The molecule has 2 N–H and O–H groups in total. The molecule has 1 aromatic rings. The SMILES string of the molecule is CCc1nc(NC)c(C)c(N2CCC(NC(=O)OC)C2)n1. The highest BCUT2D eigenvalue weighted by Crippen LogP contribution is 2.26. The molecule has 1 amide bonds. The molecule has 1 unspecified atom stereocenters. The van der Waals surface area contributed by atoms with Gasteiger partial charge >= 0.3 is 6.09 Å². The highest BCUT2D eigenvalue weighted by Gasteiger charge is 2.27. The van der Waals surface area contributed by atoms with Gasteiger partial charge in [-0.1, -0.05) is 6.92 Å². The zero-order valence-electron chi connectivity index (χ0n) is 13.1. The summed E-state index contributed by atoms with van der Waals surface area (Å²) in [6.45, 7) is 5.65. The van der Waals surface area contributed by atoms with Crippen LogP contribution in [0.15, 0.2) is 0 Å².